The number of benzene rings is 1. The Labute approximate surface area is 178 Å². The van der Waals surface area contributed by atoms with E-state index in [4.69, 9.17) is 46.4 Å². The molecule has 1 aliphatic rings. The van der Waals surface area contributed by atoms with Gasteiger partial charge in [-0.2, -0.15) is 0 Å². The van der Waals surface area contributed by atoms with Crippen LogP contribution in [0.15, 0.2) is 24.3 Å². The third-order valence-corrected chi connectivity index (χ3v) is 6.19. The van der Waals surface area contributed by atoms with E-state index in [2.05, 4.69) is 27.0 Å². The number of nitrogens with one attached hydrogen (secondary N) is 1. The number of carbonyl (C=O) groups is 1. The van der Waals surface area contributed by atoms with Gasteiger partial charge in [0.2, 0.25) is 0 Å². The molecule has 0 spiro atoms. The lowest BCUT2D eigenvalue weighted by Crippen LogP contribution is -2.46. The van der Waals surface area contributed by atoms with Crippen molar-refractivity contribution in [3.05, 3.63) is 50.2 Å². The van der Waals surface area contributed by atoms with E-state index in [0.717, 1.165) is 38.4 Å². The first-order valence-corrected chi connectivity index (χ1v) is 10.0. The molecule has 2 heterocycles. The molecule has 1 saturated heterocycles. The molecule has 0 unspecified atom stereocenters. The van der Waals surface area contributed by atoms with Crippen LogP contribution in [-0.4, -0.2) is 48.5 Å². The molecule has 0 atom stereocenters. The van der Waals surface area contributed by atoms with Crippen molar-refractivity contribution in [2.45, 2.75) is 6.92 Å². The third-order valence-electron chi connectivity index (χ3n) is 4.51. The second kappa shape index (κ2) is 8.84. The maximum absolute atomic E-state index is 12.7. The highest BCUT2D eigenvalue weighted by molar-refractivity contribution is 6.52. The van der Waals surface area contributed by atoms with Crippen LogP contribution in [0.3, 0.4) is 0 Å². The van der Waals surface area contributed by atoms with Crippen LogP contribution in [-0.2, 0) is 0 Å². The molecule has 1 N–H and O–H groups in total. The van der Waals surface area contributed by atoms with Gasteiger partial charge in [0.1, 0.15) is 10.8 Å². The van der Waals surface area contributed by atoms with Crippen LogP contribution in [0, 0.1) is 0 Å². The average Bonchev–Trinajstić information content (AvgIpc) is 2.69. The lowest BCUT2D eigenvalue weighted by Gasteiger charge is -2.36. The van der Waals surface area contributed by atoms with Gasteiger partial charge in [0.25, 0.3) is 5.91 Å². The van der Waals surface area contributed by atoms with E-state index in [1.165, 1.54) is 0 Å². The monoisotopic (exact) mass is 446 g/mol. The number of likely N-dealkylation sites (N-methyl/N-ethyl adjacent to an activating group) is 1. The Bertz CT molecular complexity index is 853. The lowest BCUT2D eigenvalue weighted by molar-refractivity contribution is 0.102. The van der Waals surface area contributed by atoms with Crippen molar-refractivity contribution in [1.29, 1.82) is 0 Å². The highest BCUT2D eigenvalue weighted by atomic mass is 35.5. The standard InChI is InChI=1S/C18H18Cl4N4O/c1-2-25-7-9-26(10-8-25)12-6-4-3-5-11(12)23-18(27)16-14(20)13(19)15(21)17(22)24-16/h3-6H,2,7-10H2,1H3,(H,23,27). The number of amides is 1. The zero-order chi connectivity index (χ0) is 19.6. The molecule has 2 aromatic rings. The van der Waals surface area contributed by atoms with Crippen molar-refractivity contribution < 1.29 is 4.79 Å². The predicted octanol–water partition coefficient (Wildman–Crippen LogP) is 5.09. The zero-order valence-corrected chi connectivity index (χ0v) is 17.6. The van der Waals surface area contributed by atoms with Crippen LogP contribution in [0.1, 0.15) is 17.4 Å². The van der Waals surface area contributed by atoms with Crippen LogP contribution in [0.2, 0.25) is 20.2 Å². The highest BCUT2D eigenvalue weighted by Gasteiger charge is 2.23. The Morgan fingerprint density at radius 3 is 2.37 bits per heavy atom. The fraction of sp³-hybridized carbons (Fsp3) is 0.333. The number of rotatable bonds is 4. The maximum Gasteiger partial charge on any atom is 0.275 e. The summed E-state index contributed by atoms with van der Waals surface area (Å²) in [7, 11) is 0. The fourth-order valence-corrected chi connectivity index (χ4v) is 3.79. The molecule has 0 aliphatic carbocycles. The summed E-state index contributed by atoms with van der Waals surface area (Å²) in [5.74, 6) is -0.500. The van der Waals surface area contributed by atoms with Gasteiger partial charge < -0.3 is 15.1 Å². The minimum atomic E-state index is -0.500. The molecule has 9 heteroatoms. The van der Waals surface area contributed by atoms with Crippen molar-refractivity contribution in [3.63, 3.8) is 0 Å². The normalized spacial score (nSPS) is 15.1. The number of hydrogen-bond donors (Lipinski definition) is 1. The Morgan fingerprint density at radius 2 is 1.70 bits per heavy atom. The number of piperazine rings is 1. The largest absolute Gasteiger partial charge is 0.367 e. The van der Waals surface area contributed by atoms with E-state index in [-0.39, 0.29) is 25.9 Å². The summed E-state index contributed by atoms with van der Waals surface area (Å²) in [6.07, 6.45) is 0. The van der Waals surface area contributed by atoms with Gasteiger partial charge in [0, 0.05) is 26.2 Å². The highest BCUT2D eigenvalue weighted by Crippen LogP contribution is 2.36. The Morgan fingerprint density at radius 1 is 1.04 bits per heavy atom. The first-order chi connectivity index (χ1) is 12.9. The van der Waals surface area contributed by atoms with Crippen LogP contribution >= 0.6 is 46.4 Å². The van der Waals surface area contributed by atoms with E-state index in [1.54, 1.807) is 0 Å². The smallest absolute Gasteiger partial charge is 0.275 e. The molecule has 1 amide bonds. The van der Waals surface area contributed by atoms with Crippen LogP contribution in [0.4, 0.5) is 11.4 Å². The minimum absolute atomic E-state index is 0.00690. The van der Waals surface area contributed by atoms with Crippen molar-refractivity contribution in [3.8, 4) is 0 Å². The van der Waals surface area contributed by atoms with Gasteiger partial charge in [-0.1, -0.05) is 65.5 Å². The summed E-state index contributed by atoms with van der Waals surface area (Å²) >= 11 is 24.0. The number of anilines is 2. The topological polar surface area (TPSA) is 48.5 Å². The summed E-state index contributed by atoms with van der Waals surface area (Å²) in [5, 5.41) is 2.79. The van der Waals surface area contributed by atoms with Crippen LogP contribution in [0.5, 0.6) is 0 Å². The first kappa shape index (κ1) is 20.5. The molecule has 3 rings (SSSR count). The molecular formula is C18H18Cl4N4O. The number of aromatic nitrogens is 1. The molecule has 27 heavy (non-hydrogen) atoms. The summed E-state index contributed by atoms with van der Waals surface area (Å²) < 4.78 is 0. The number of hydrogen-bond acceptors (Lipinski definition) is 4. The second-order valence-corrected chi connectivity index (χ2v) is 7.58. The molecular weight excluding hydrogens is 430 g/mol. The molecule has 144 valence electrons. The number of para-hydroxylation sites is 2. The Balaban J connectivity index is 1.84. The quantitative estimate of drug-likeness (QED) is 0.663. The van der Waals surface area contributed by atoms with Gasteiger partial charge in [-0.25, -0.2) is 4.98 Å². The fourth-order valence-electron chi connectivity index (χ4n) is 2.98. The third kappa shape index (κ3) is 4.44. The molecule has 0 bridgehead atoms. The summed E-state index contributed by atoms with van der Waals surface area (Å²) in [6.45, 7) is 6.93. The Kier molecular flexibility index (Phi) is 6.71. The van der Waals surface area contributed by atoms with E-state index >= 15 is 0 Å². The van der Waals surface area contributed by atoms with Crippen molar-refractivity contribution in [2.24, 2.45) is 0 Å². The molecule has 5 nitrogen and oxygen atoms in total. The average molecular weight is 448 g/mol. The van der Waals surface area contributed by atoms with Crippen molar-refractivity contribution in [2.75, 3.05) is 42.9 Å². The summed E-state index contributed by atoms with van der Waals surface area (Å²) in [5.41, 5.74) is 1.55. The van der Waals surface area contributed by atoms with Gasteiger partial charge >= 0.3 is 0 Å². The SMILES string of the molecule is CCN1CCN(c2ccccc2NC(=O)c2nc(Cl)c(Cl)c(Cl)c2Cl)CC1. The molecule has 1 aliphatic heterocycles. The number of carbonyl (C=O) groups excluding carboxylic acids is 1. The lowest BCUT2D eigenvalue weighted by atomic mass is 10.2. The van der Waals surface area contributed by atoms with E-state index in [0.29, 0.717) is 5.69 Å². The summed E-state index contributed by atoms with van der Waals surface area (Å²) in [6, 6.07) is 7.62. The maximum atomic E-state index is 12.7. The van der Waals surface area contributed by atoms with Crippen LogP contribution in [0.25, 0.3) is 0 Å². The first-order valence-electron chi connectivity index (χ1n) is 8.50. The van der Waals surface area contributed by atoms with Gasteiger partial charge in [-0.05, 0) is 18.7 Å². The van der Waals surface area contributed by atoms with Crippen molar-refractivity contribution in [1.82, 2.24) is 9.88 Å². The molecule has 0 saturated carbocycles. The minimum Gasteiger partial charge on any atom is -0.367 e. The molecule has 1 aromatic carbocycles. The molecule has 0 radical (unpaired) electrons. The number of nitrogens with zero attached hydrogens (tertiary/aromatic N) is 3. The van der Waals surface area contributed by atoms with Gasteiger partial charge in [0.15, 0.2) is 0 Å². The van der Waals surface area contributed by atoms with E-state index in [1.807, 2.05) is 24.3 Å². The summed E-state index contributed by atoms with van der Waals surface area (Å²) in [4.78, 5) is 21.4. The predicted molar refractivity (Wildman–Crippen MR) is 113 cm³/mol. The van der Waals surface area contributed by atoms with Crippen LogP contribution < -0.4 is 10.2 Å². The number of pyridine rings is 1. The van der Waals surface area contributed by atoms with Crippen molar-refractivity contribution >= 4 is 63.7 Å². The molecule has 1 aromatic heterocycles. The van der Waals surface area contributed by atoms with Gasteiger partial charge in [-0.15, -0.1) is 0 Å². The Hall–Kier alpha value is -1.24. The molecule has 1 fully saturated rings. The zero-order valence-electron chi connectivity index (χ0n) is 14.6. The number of halogens is 4. The van der Waals surface area contributed by atoms with Gasteiger partial charge in [-0.3, -0.25) is 4.79 Å². The van der Waals surface area contributed by atoms with E-state index < -0.39 is 5.91 Å². The van der Waals surface area contributed by atoms with E-state index in [9.17, 15) is 4.79 Å². The second-order valence-electron chi connectivity index (χ2n) is 6.09. The van der Waals surface area contributed by atoms with Gasteiger partial charge in [0.05, 0.1) is 26.4 Å².